The normalized spacial score (nSPS) is 23.6. The summed E-state index contributed by atoms with van der Waals surface area (Å²) in [5.74, 6) is 1.27. The first-order valence-corrected chi connectivity index (χ1v) is 7.78. The summed E-state index contributed by atoms with van der Waals surface area (Å²) in [5, 5.41) is 0. The molecule has 1 fully saturated rings. The van der Waals surface area contributed by atoms with E-state index < -0.39 is 0 Å². The highest BCUT2D eigenvalue weighted by atomic mass is 32.2. The second-order valence-electron chi connectivity index (χ2n) is 7.20. The second kappa shape index (κ2) is 5.94. The molecule has 1 heterocycles. The molecule has 17 heavy (non-hydrogen) atoms. The average Bonchev–Trinajstić information content (AvgIpc) is 2.10. The Balaban J connectivity index is 2.26. The highest BCUT2D eigenvalue weighted by molar-refractivity contribution is 8.00. The smallest absolute Gasteiger partial charge is 0.0231 e. The number of nitrogens with zero attached hydrogens (tertiary/aromatic N) is 1. The molecule has 1 unspecified atom stereocenters. The van der Waals surface area contributed by atoms with E-state index in [1.165, 1.54) is 25.4 Å². The van der Waals surface area contributed by atoms with Crippen LogP contribution in [0.1, 0.15) is 47.5 Å². The molecule has 1 atom stereocenters. The Kier molecular flexibility index (Phi) is 5.36. The summed E-state index contributed by atoms with van der Waals surface area (Å²) < 4.78 is 0.423. The van der Waals surface area contributed by atoms with E-state index in [0.29, 0.717) is 16.2 Å². The van der Waals surface area contributed by atoms with Gasteiger partial charge < -0.3 is 10.6 Å². The lowest BCUT2D eigenvalue weighted by Crippen LogP contribution is -2.44. The van der Waals surface area contributed by atoms with Gasteiger partial charge in [-0.2, -0.15) is 11.8 Å². The van der Waals surface area contributed by atoms with E-state index >= 15 is 0 Å². The van der Waals surface area contributed by atoms with E-state index in [2.05, 4.69) is 51.3 Å². The van der Waals surface area contributed by atoms with Gasteiger partial charge in [-0.3, -0.25) is 0 Å². The minimum atomic E-state index is 0.354. The molecule has 0 saturated carbocycles. The predicted molar refractivity (Wildman–Crippen MR) is 79.6 cm³/mol. The molecule has 2 nitrogen and oxygen atoms in total. The molecule has 0 aromatic heterocycles. The molecule has 1 aliphatic heterocycles. The van der Waals surface area contributed by atoms with Crippen molar-refractivity contribution in [1.29, 1.82) is 0 Å². The third-order valence-electron chi connectivity index (χ3n) is 3.20. The van der Waals surface area contributed by atoms with Gasteiger partial charge in [0.2, 0.25) is 0 Å². The molecular formula is C14H30N2S. The van der Waals surface area contributed by atoms with Crippen molar-refractivity contribution in [2.75, 3.05) is 25.4 Å². The van der Waals surface area contributed by atoms with Gasteiger partial charge in [0.25, 0.3) is 0 Å². The van der Waals surface area contributed by atoms with Crippen LogP contribution >= 0.6 is 11.8 Å². The third kappa shape index (κ3) is 6.68. The van der Waals surface area contributed by atoms with Crippen molar-refractivity contribution in [3.8, 4) is 0 Å². The zero-order valence-corrected chi connectivity index (χ0v) is 13.1. The van der Waals surface area contributed by atoms with Crippen LogP contribution in [0.5, 0.6) is 0 Å². The summed E-state index contributed by atoms with van der Waals surface area (Å²) in [5.41, 5.74) is 6.57. The SMILES string of the molecule is CC(C)(C)CC(N)CCN1CCSC(C)(C)C1. The van der Waals surface area contributed by atoms with Crippen LogP contribution in [-0.4, -0.2) is 41.1 Å². The van der Waals surface area contributed by atoms with Gasteiger partial charge in [0.15, 0.2) is 0 Å². The lowest BCUT2D eigenvalue weighted by molar-refractivity contribution is 0.237. The maximum absolute atomic E-state index is 6.21. The van der Waals surface area contributed by atoms with Crippen LogP contribution in [0, 0.1) is 5.41 Å². The van der Waals surface area contributed by atoms with Crippen LogP contribution in [0.25, 0.3) is 0 Å². The van der Waals surface area contributed by atoms with Gasteiger partial charge in [0.1, 0.15) is 0 Å². The second-order valence-corrected chi connectivity index (χ2v) is 9.00. The van der Waals surface area contributed by atoms with E-state index in [1.54, 1.807) is 0 Å². The highest BCUT2D eigenvalue weighted by Gasteiger charge is 2.27. The quantitative estimate of drug-likeness (QED) is 0.840. The Morgan fingerprint density at radius 3 is 2.53 bits per heavy atom. The van der Waals surface area contributed by atoms with Crippen molar-refractivity contribution in [2.24, 2.45) is 11.1 Å². The number of hydrogen-bond donors (Lipinski definition) is 1. The molecule has 1 rings (SSSR count). The van der Waals surface area contributed by atoms with Crippen LogP contribution in [0.3, 0.4) is 0 Å². The average molecular weight is 258 g/mol. The predicted octanol–water partition coefficient (Wildman–Crippen LogP) is 2.97. The molecule has 1 saturated heterocycles. The zero-order valence-electron chi connectivity index (χ0n) is 12.3. The van der Waals surface area contributed by atoms with E-state index in [1.807, 2.05) is 0 Å². The van der Waals surface area contributed by atoms with Gasteiger partial charge in [-0.1, -0.05) is 20.8 Å². The fourth-order valence-electron chi connectivity index (χ4n) is 2.54. The van der Waals surface area contributed by atoms with Gasteiger partial charge >= 0.3 is 0 Å². The van der Waals surface area contributed by atoms with Gasteiger partial charge in [0.05, 0.1) is 0 Å². The van der Waals surface area contributed by atoms with E-state index in [9.17, 15) is 0 Å². The van der Waals surface area contributed by atoms with Gasteiger partial charge in [0, 0.05) is 29.6 Å². The molecule has 0 aliphatic carbocycles. The van der Waals surface area contributed by atoms with Crippen LogP contribution in [0.15, 0.2) is 0 Å². The van der Waals surface area contributed by atoms with Crippen molar-refractivity contribution in [3.05, 3.63) is 0 Å². The minimum absolute atomic E-state index is 0.354. The first-order valence-electron chi connectivity index (χ1n) is 6.80. The molecule has 0 aromatic carbocycles. The molecule has 0 amide bonds. The Morgan fingerprint density at radius 2 is 2.00 bits per heavy atom. The Bertz CT molecular complexity index is 233. The maximum atomic E-state index is 6.21. The van der Waals surface area contributed by atoms with Crippen LogP contribution in [0.2, 0.25) is 0 Å². The van der Waals surface area contributed by atoms with E-state index in [-0.39, 0.29) is 0 Å². The molecule has 3 heteroatoms. The number of rotatable bonds is 4. The maximum Gasteiger partial charge on any atom is 0.0231 e. The van der Waals surface area contributed by atoms with Crippen LogP contribution in [-0.2, 0) is 0 Å². The van der Waals surface area contributed by atoms with Gasteiger partial charge in [-0.15, -0.1) is 0 Å². The van der Waals surface area contributed by atoms with Crippen molar-refractivity contribution in [1.82, 2.24) is 4.90 Å². The summed E-state index contributed by atoms with van der Waals surface area (Å²) in [6.45, 7) is 15.1. The van der Waals surface area contributed by atoms with Gasteiger partial charge in [-0.05, 0) is 38.6 Å². The van der Waals surface area contributed by atoms with Gasteiger partial charge in [-0.25, -0.2) is 0 Å². The number of nitrogens with two attached hydrogens (primary N) is 1. The standard InChI is InChI=1S/C14H30N2S/c1-13(2,3)10-12(15)6-7-16-8-9-17-14(4,5)11-16/h12H,6-11,15H2,1-5H3. The molecule has 102 valence electrons. The fraction of sp³-hybridized carbons (Fsp3) is 1.00. The summed E-state index contributed by atoms with van der Waals surface area (Å²) in [6, 6.07) is 0.354. The van der Waals surface area contributed by atoms with Crippen molar-refractivity contribution >= 4 is 11.8 Å². The lowest BCUT2D eigenvalue weighted by Gasteiger charge is -2.38. The molecule has 0 bridgehead atoms. The van der Waals surface area contributed by atoms with Crippen LogP contribution < -0.4 is 5.73 Å². The molecule has 2 N–H and O–H groups in total. The van der Waals surface area contributed by atoms with Crippen molar-refractivity contribution < 1.29 is 0 Å². The first kappa shape index (κ1) is 15.3. The fourth-order valence-corrected chi connectivity index (χ4v) is 3.72. The monoisotopic (exact) mass is 258 g/mol. The Hall–Kier alpha value is 0.270. The summed E-state index contributed by atoms with van der Waals surface area (Å²) >= 11 is 2.10. The first-order chi connectivity index (χ1) is 7.68. The third-order valence-corrected chi connectivity index (χ3v) is 4.49. The number of thioether (sulfide) groups is 1. The topological polar surface area (TPSA) is 29.3 Å². The zero-order chi connectivity index (χ0) is 13.1. The summed E-state index contributed by atoms with van der Waals surface area (Å²) in [6.07, 6.45) is 2.26. The lowest BCUT2D eigenvalue weighted by atomic mass is 9.87. The van der Waals surface area contributed by atoms with E-state index in [4.69, 9.17) is 5.73 Å². The van der Waals surface area contributed by atoms with Crippen LogP contribution in [0.4, 0.5) is 0 Å². The molecule has 0 aromatic rings. The highest BCUT2D eigenvalue weighted by Crippen LogP contribution is 2.29. The molecule has 0 spiro atoms. The molecule has 0 radical (unpaired) electrons. The minimum Gasteiger partial charge on any atom is -0.328 e. The largest absolute Gasteiger partial charge is 0.328 e. The van der Waals surface area contributed by atoms with Crippen molar-refractivity contribution in [2.45, 2.75) is 58.2 Å². The summed E-state index contributed by atoms with van der Waals surface area (Å²) in [4.78, 5) is 2.58. The van der Waals surface area contributed by atoms with Crippen molar-refractivity contribution in [3.63, 3.8) is 0 Å². The Labute approximate surface area is 112 Å². The summed E-state index contributed by atoms with van der Waals surface area (Å²) in [7, 11) is 0. The number of hydrogen-bond acceptors (Lipinski definition) is 3. The molecule has 1 aliphatic rings. The Morgan fingerprint density at radius 1 is 1.35 bits per heavy atom. The molecular weight excluding hydrogens is 228 g/mol. The van der Waals surface area contributed by atoms with E-state index in [0.717, 1.165) is 12.8 Å².